The van der Waals surface area contributed by atoms with Crippen molar-refractivity contribution in [2.24, 2.45) is 5.73 Å². The molecule has 1 heterocycles. The van der Waals surface area contributed by atoms with Crippen LogP contribution in [-0.2, 0) is 22.9 Å². The van der Waals surface area contributed by atoms with Gasteiger partial charge < -0.3 is 10.5 Å². The lowest BCUT2D eigenvalue weighted by molar-refractivity contribution is 0.340. The molecule has 2 N–H and O–H groups in total. The molecule has 0 aliphatic carbocycles. The van der Waals surface area contributed by atoms with Crippen LogP contribution in [0.25, 0.3) is 0 Å². The van der Waals surface area contributed by atoms with Gasteiger partial charge in [-0.2, -0.15) is 5.10 Å². The van der Waals surface area contributed by atoms with Crippen LogP contribution in [0.3, 0.4) is 0 Å². The van der Waals surface area contributed by atoms with Crippen molar-refractivity contribution < 1.29 is 13.2 Å². The Bertz CT molecular complexity index is 678. The van der Waals surface area contributed by atoms with Gasteiger partial charge in [-0.05, 0) is 24.6 Å². The van der Waals surface area contributed by atoms with Crippen LogP contribution in [0.1, 0.15) is 12.5 Å². The highest BCUT2D eigenvalue weighted by Gasteiger charge is 2.14. The number of benzene rings is 1. The monoisotopic (exact) mass is 309 g/mol. The number of ether oxygens (including phenoxy) is 1. The molecule has 21 heavy (non-hydrogen) atoms. The van der Waals surface area contributed by atoms with Crippen LogP contribution in [0.2, 0.25) is 0 Å². The van der Waals surface area contributed by atoms with E-state index in [1.807, 2.05) is 6.92 Å². The topological polar surface area (TPSA) is 87.2 Å². The zero-order chi connectivity index (χ0) is 15.3. The van der Waals surface area contributed by atoms with Crippen molar-refractivity contribution in [3.05, 3.63) is 42.2 Å². The maximum Gasteiger partial charge on any atom is 0.181 e. The summed E-state index contributed by atoms with van der Waals surface area (Å²) in [5.41, 5.74) is 6.39. The fourth-order valence-corrected chi connectivity index (χ4v) is 2.90. The van der Waals surface area contributed by atoms with E-state index in [1.165, 1.54) is 0 Å². The molecule has 0 aliphatic rings. The van der Waals surface area contributed by atoms with Crippen LogP contribution in [0, 0.1) is 0 Å². The zero-order valence-corrected chi connectivity index (χ0v) is 12.7. The summed E-state index contributed by atoms with van der Waals surface area (Å²) in [5.74, 6) is 0.497. The van der Waals surface area contributed by atoms with Gasteiger partial charge in [0.15, 0.2) is 15.6 Å². The van der Waals surface area contributed by atoms with E-state index < -0.39 is 9.84 Å². The molecule has 0 spiro atoms. The molecule has 0 atom stereocenters. The van der Waals surface area contributed by atoms with Gasteiger partial charge in [0.25, 0.3) is 0 Å². The second-order valence-corrected chi connectivity index (χ2v) is 6.66. The number of aryl methyl sites for hydroxylation is 1. The Labute approximate surface area is 124 Å². The Morgan fingerprint density at radius 3 is 2.57 bits per heavy atom. The van der Waals surface area contributed by atoms with E-state index in [1.54, 1.807) is 41.3 Å². The first-order valence-corrected chi connectivity index (χ1v) is 8.37. The smallest absolute Gasteiger partial charge is 0.181 e. The molecule has 6 nitrogen and oxygen atoms in total. The summed E-state index contributed by atoms with van der Waals surface area (Å²) >= 11 is 0. The normalized spacial score (nSPS) is 11.5. The van der Waals surface area contributed by atoms with E-state index in [-0.39, 0.29) is 17.3 Å². The van der Waals surface area contributed by atoms with Gasteiger partial charge in [-0.3, -0.25) is 4.68 Å². The van der Waals surface area contributed by atoms with Crippen molar-refractivity contribution in [1.82, 2.24) is 9.78 Å². The van der Waals surface area contributed by atoms with Crippen LogP contribution in [0.4, 0.5) is 0 Å². The average molecular weight is 309 g/mol. The van der Waals surface area contributed by atoms with Crippen LogP contribution >= 0.6 is 0 Å². The first-order valence-electron chi connectivity index (χ1n) is 6.72. The highest BCUT2D eigenvalue weighted by atomic mass is 32.2. The Kier molecular flexibility index (Phi) is 4.98. The number of nitrogens with two attached hydrogens (primary N) is 1. The van der Waals surface area contributed by atoms with E-state index in [0.29, 0.717) is 12.3 Å². The van der Waals surface area contributed by atoms with Crippen LogP contribution in [0.5, 0.6) is 5.75 Å². The minimum Gasteiger partial charge on any atom is -0.489 e. The van der Waals surface area contributed by atoms with E-state index >= 15 is 0 Å². The highest BCUT2D eigenvalue weighted by molar-refractivity contribution is 7.91. The maximum atomic E-state index is 12.2. The number of hydrogen-bond acceptors (Lipinski definition) is 5. The van der Waals surface area contributed by atoms with Crippen molar-refractivity contribution in [1.29, 1.82) is 0 Å². The number of nitrogens with zero attached hydrogens (tertiary/aromatic N) is 2. The van der Waals surface area contributed by atoms with Crippen molar-refractivity contribution in [2.45, 2.75) is 24.9 Å². The molecule has 0 fully saturated rings. The molecule has 0 bridgehead atoms. The predicted octanol–water partition coefficient (Wildman–Crippen LogP) is 1.21. The summed E-state index contributed by atoms with van der Waals surface area (Å²) < 4.78 is 31.4. The predicted molar refractivity (Wildman–Crippen MR) is 79.8 cm³/mol. The Morgan fingerprint density at radius 1 is 1.29 bits per heavy atom. The molecule has 2 rings (SSSR count). The van der Waals surface area contributed by atoms with Crippen LogP contribution in [0.15, 0.2) is 41.6 Å². The molecule has 2 aromatic rings. The van der Waals surface area contributed by atoms with Crippen molar-refractivity contribution >= 4 is 9.84 Å². The minimum absolute atomic E-state index is 0.0771. The van der Waals surface area contributed by atoms with E-state index in [0.717, 1.165) is 12.1 Å². The van der Waals surface area contributed by atoms with E-state index in [4.69, 9.17) is 10.5 Å². The molecule has 114 valence electrons. The Hall–Kier alpha value is -1.86. The molecule has 7 heteroatoms. The molecular formula is C14H19N3O3S. The summed E-state index contributed by atoms with van der Waals surface area (Å²) in [4.78, 5) is 0.285. The van der Waals surface area contributed by atoms with E-state index in [9.17, 15) is 8.42 Å². The SMILES string of the molecule is CCn1cc(OCCS(=O)(=O)c2ccc(CN)cc2)cn1. The molecule has 0 radical (unpaired) electrons. The molecule has 0 amide bonds. The lowest BCUT2D eigenvalue weighted by Gasteiger charge is -2.06. The molecule has 0 aliphatic heterocycles. The van der Waals surface area contributed by atoms with Crippen LogP contribution in [-0.4, -0.2) is 30.6 Å². The number of aromatic nitrogens is 2. The maximum absolute atomic E-state index is 12.2. The van der Waals surface area contributed by atoms with E-state index in [2.05, 4.69) is 5.10 Å². The van der Waals surface area contributed by atoms with Gasteiger partial charge >= 0.3 is 0 Å². The summed E-state index contributed by atoms with van der Waals surface area (Å²) in [5, 5.41) is 4.06. The molecule has 1 aromatic heterocycles. The van der Waals surface area contributed by atoms with Gasteiger partial charge in [0.1, 0.15) is 6.61 Å². The van der Waals surface area contributed by atoms with Gasteiger partial charge in [0, 0.05) is 13.1 Å². The van der Waals surface area contributed by atoms with Crippen molar-refractivity contribution in [3.63, 3.8) is 0 Å². The molecule has 0 saturated heterocycles. The quantitative estimate of drug-likeness (QED) is 0.831. The summed E-state index contributed by atoms with van der Waals surface area (Å²) in [6, 6.07) is 6.59. The fourth-order valence-electron chi connectivity index (χ4n) is 1.81. The number of rotatable bonds is 7. The molecule has 0 saturated carbocycles. The second-order valence-electron chi connectivity index (χ2n) is 4.55. The zero-order valence-electron chi connectivity index (χ0n) is 11.9. The first-order chi connectivity index (χ1) is 10.0. The van der Waals surface area contributed by atoms with Gasteiger partial charge in [-0.25, -0.2) is 8.42 Å². The summed E-state index contributed by atoms with van der Waals surface area (Å²) in [7, 11) is -3.35. The molecular weight excluding hydrogens is 290 g/mol. The lowest BCUT2D eigenvalue weighted by atomic mass is 10.2. The third kappa shape index (κ3) is 4.05. The van der Waals surface area contributed by atoms with Crippen LogP contribution < -0.4 is 10.5 Å². The van der Waals surface area contributed by atoms with Gasteiger partial charge in [-0.1, -0.05) is 12.1 Å². The second kappa shape index (κ2) is 6.73. The number of sulfone groups is 1. The minimum atomic E-state index is -3.35. The fraction of sp³-hybridized carbons (Fsp3) is 0.357. The van der Waals surface area contributed by atoms with Crippen molar-refractivity contribution in [2.75, 3.05) is 12.4 Å². The average Bonchev–Trinajstić information content (AvgIpc) is 2.95. The standard InChI is InChI=1S/C14H19N3O3S/c1-2-17-11-13(10-16-17)20-7-8-21(18,19)14-5-3-12(9-15)4-6-14/h3-6,10-11H,2,7-9,15H2,1H3. The highest BCUT2D eigenvalue weighted by Crippen LogP contribution is 2.13. The lowest BCUT2D eigenvalue weighted by Crippen LogP contribution is -2.14. The molecule has 1 aromatic carbocycles. The van der Waals surface area contributed by atoms with Gasteiger partial charge in [0.2, 0.25) is 0 Å². The molecule has 0 unspecified atom stereocenters. The summed E-state index contributed by atoms with van der Waals surface area (Å²) in [6.45, 7) is 3.20. The summed E-state index contributed by atoms with van der Waals surface area (Å²) in [6.07, 6.45) is 3.31. The van der Waals surface area contributed by atoms with Gasteiger partial charge in [-0.15, -0.1) is 0 Å². The third-order valence-corrected chi connectivity index (χ3v) is 4.77. The number of hydrogen-bond donors (Lipinski definition) is 1. The van der Waals surface area contributed by atoms with Gasteiger partial charge in [0.05, 0.1) is 23.0 Å². The van der Waals surface area contributed by atoms with Crippen molar-refractivity contribution in [3.8, 4) is 5.75 Å². The third-order valence-electron chi connectivity index (χ3n) is 3.07. The Morgan fingerprint density at radius 2 is 2.00 bits per heavy atom. The Balaban J connectivity index is 1.94. The largest absolute Gasteiger partial charge is 0.489 e. The first kappa shape index (κ1) is 15.5.